The number of carbonyl (C=O) groups excluding carboxylic acids is 1. The Morgan fingerprint density at radius 2 is 2.13 bits per heavy atom. The molecule has 1 saturated heterocycles. The first kappa shape index (κ1) is 14.5. The van der Waals surface area contributed by atoms with Crippen molar-refractivity contribution >= 4 is 28.3 Å². The van der Waals surface area contributed by atoms with Crippen LogP contribution in [0.4, 0.5) is 0 Å². The molecular weight excluding hydrogens is 306 g/mol. The highest BCUT2D eigenvalue weighted by Crippen LogP contribution is 2.31. The summed E-state index contributed by atoms with van der Waals surface area (Å²) in [5, 5.41) is 2.06. The molecule has 1 aliphatic rings. The SMILES string of the molecule is CCn1c(C2CC(=O)N(Cc3cccs3)C2)nc2ccccc21. The second-order valence-corrected chi connectivity index (χ2v) is 6.99. The number of rotatable bonds is 4. The van der Waals surface area contributed by atoms with Crippen LogP contribution in [0.15, 0.2) is 41.8 Å². The lowest BCUT2D eigenvalue weighted by Crippen LogP contribution is -2.24. The van der Waals surface area contributed by atoms with Crippen molar-refractivity contribution in [2.24, 2.45) is 0 Å². The molecule has 5 heteroatoms. The molecule has 4 nitrogen and oxygen atoms in total. The lowest BCUT2D eigenvalue weighted by Gasteiger charge is -2.16. The van der Waals surface area contributed by atoms with E-state index in [2.05, 4.69) is 29.0 Å². The minimum absolute atomic E-state index is 0.190. The normalized spacial score (nSPS) is 18.2. The summed E-state index contributed by atoms with van der Waals surface area (Å²) in [4.78, 5) is 20.4. The minimum Gasteiger partial charge on any atom is -0.337 e. The van der Waals surface area contributed by atoms with Gasteiger partial charge in [0.15, 0.2) is 0 Å². The van der Waals surface area contributed by atoms with E-state index in [0.29, 0.717) is 6.42 Å². The Bertz CT molecular complexity index is 837. The van der Waals surface area contributed by atoms with Crippen LogP contribution in [0.3, 0.4) is 0 Å². The molecule has 1 unspecified atom stereocenters. The van der Waals surface area contributed by atoms with E-state index in [0.717, 1.165) is 36.5 Å². The number of aromatic nitrogens is 2. The Morgan fingerprint density at radius 1 is 1.26 bits per heavy atom. The van der Waals surface area contributed by atoms with Crippen molar-refractivity contribution in [2.75, 3.05) is 6.54 Å². The van der Waals surface area contributed by atoms with Crippen LogP contribution in [0.2, 0.25) is 0 Å². The second-order valence-electron chi connectivity index (χ2n) is 5.96. The van der Waals surface area contributed by atoms with Gasteiger partial charge in [0.25, 0.3) is 0 Å². The van der Waals surface area contributed by atoms with Crippen LogP contribution in [0.5, 0.6) is 0 Å². The number of thiophene rings is 1. The molecule has 0 bridgehead atoms. The molecule has 3 aromatic rings. The Kier molecular flexibility index (Phi) is 3.65. The standard InChI is InChI=1S/C18H19N3OS/c1-2-21-16-8-4-3-7-15(16)19-18(21)13-10-17(22)20(11-13)12-14-6-5-9-23-14/h3-9,13H,2,10-12H2,1H3. The number of hydrogen-bond acceptors (Lipinski definition) is 3. The predicted molar refractivity (Wildman–Crippen MR) is 92.5 cm³/mol. The van der Waals surface area contributed by atoms with E-state index in [9.17, 15) is 4.79 Å². The molecule has 0 saturated carbocycles. The van der Waals surface area contributed by atoms with Gasteiger partial charge in [0, 0.05) is 30.3 Å². The zero-order valence-corrected chi connectivity index (χ0v) is 13.9. The molecule has 118 valence electrons. The number of imidazole rings is 1. The lowest BCUT2D eigenvalue weighted by molar-refractivity contribution is -0.128. The monoisotopic (exact) mass is 325 g/mol. The fraction of sp³-hybridized carbons (Fsp3) is 0.333. The molecule has 1 aromatic carbocycles. The average Bonchev–Trinajstić information content (AvgIpc) is 3.27. The number of carbonyl (C=O) groups is 1. The van der Waals surface area contributed by atoms with E-state index in [-0.39, 0.29) is 11.8 Å². The molecule has 0 aliphatic carbocycles. The van der Waals surface area contributed by atoms with E-state index < -0.39 is 0 Å². The van der Waals surface area contributed by atoms with Crippen molar-refractivity contribution in [3.05, 3.63) is 52.5 Å². The van der Waals surface area contributed by atoms with Gasteiger partial charge in [-0.3, -0.25) is 4.79 Å². The van der Waals surface area contributed by atoms with Crippen LogP contribution in [-0.2, 0) is 17.9 Å². The van der Waals surface area contributed by atoms with Crippen molar-refractivity contribution in [3.8, 4) is 0 Å². The highest BCUT2D eigenvalue weighted by Gasteiger charge is 2.33. The molecule has 0 spiro atoms. The number of likely N-dealkylation sites (tertiary alicyclic amines) is 1. The third-order valence-corrected chi connectivity index (χ3v) is 5.37. The molecule has 1 amide bonds. The van der Waals surface area contributed by atoms with E-state index >= 15 is 0 Å². The van der Waals surface area contributed by atoms with Crippen LogP contribution in [0.25, 0.3) is 11.0 Å². The van der Waals surface area contributed by atoms with E-state index in [1.807, 2.05) is 29.2 Å². The molecule has 4 rings (SSSR count). The summed E-state index contributed by atoms with van der Waals surface area (Å²) in [6.07, 6.45) is 0.564. The van der Waals surface area contributed by atoms with Gasteiger partial charge in [-0.05, 0) is 30.5 Å². The van der Waals surface area contributed by atoms with Gasteiger partial charge < -0.3 is 9.47 Å². The first-order valence-corrected chi connectivity index (χ1v) is 8.89. The topological polar surface area (TPSA) is 38.1 Å². The highest BCUT2D eigenvalue weighted by atomic mass is 32.1. The molecule has 3 heterocycles. The summed E-state index contributed by atoms with van der Waals surface area (Å²) < 4.78 is 2.25. The van der Waals surface area contributed by atoms with Gasteiger partial charge in [-0.2, -0.15) is 0 Å². The number of benzene rings is 1. The third kappa shape index (κ3) is 2.55. The van der Waals surface area contributed by atoms with Crippen LogP contribution >= 0.6 is 11.3 Å². The number of para-hydroxylation sites is 2. The number of nitrogens with zero attached hydrogens (tertiary/aromatic N) is 3. The lowest BCUT2D eigenvalue weighted by atomic mass is 10.1. The summed E-state index contributed by atoms with van der Waals surface area (Å²) in [5.41, 5.74) is 2.18. The van der Waals surface area contributed by atoms with Gasteiger partial charge in [-0.1, -0.05) is 18.2 Å². The predicted octanol–water partition coefficient (Wildman–Crippen LogP) is 3.63. The average molecular weight is 325 g/mol. The van der Waals surface area contributed by atoms with Crippen LogP contribution < -0.4 is 0 Å². The van der Waals surface area contributed by atoms with Gasteiger partial charge in [-0.15, -0.1) is 11.3 Å². The van der Waals surface area contributed by atoms with Gasteiger partial charge in [0.2, 0.25) is 5.91 Å². The summed E-state index contributed by atoms with van der Waals surface area (Å²) >= 11 is 1.71. The number of amides is 1. The quantitative estimate of drug-likeness (QED) is 0.734. The molecule has 2 aromatic heterocycles. The Hall–Kier alpha value is -2.14. The molecule has 0 radical (unpaired) electrons. The molecular formula is C18H19N3OS. The van der Waals surface area contributed by atoms with Crippen LogP contribution in [-0.4, -0.2) is 26.9 Å². The van der Waals surface area contributed by atoms with E-state index in [1.165, 1.54) is 4.88 Å². The number of fused-ring (bicyclic) bond motifs is 1. The summed E-state index contributed by atoms with van der Waals surface area (Å²) in [7, 11) is 0. The molecule has 1 atom stereocenters. The first-order valence-electron chi connectivity index (χ1n) is 8.01. The summed E-state index contributed by atoms with van der Waals surface area (Å²) in [6.45, 7) is 4.50. The van der Waals surface area contributed by atoms with E-state index in [4.69, 9.17) is 4.98 Å². The van der Waals surface area contributed by atoms with Gasteiger partial charge in [0.05, 0.1) is 17.6 Å². The van der Waals surface area contributed by atoms with Crippen molar-refractivity contribution in [2.45, 2.75) is 32.4 Å². The van der Waals surface area contributed by atoms with Crippen LogP contribution in [0, 0.1) is 0 Å². The third-order valence-electron chi connectivity index (χ3n) is 4.51. The second kappa shape index (κ2) is 5.81. The Balaban J connectivity index is 1.63. The molecule has 1 aliphatic heterocycles. The molecule has 0 N–H and O–H groups in total. The molecule has 1 fully saturated rings. The first-order chi connectivity index (χ1) is 11.3. The van der Waals surface area contributed by atoms with Crippen molar-refractivity contribution in [1.29, 1.82) is 0 Å². The van der Waals surface area contributed by atoms with Gasteiger partial charge in [0.1, 0.15) is 5.82 Å². The van der Waals surface area contributed by atoms with Crippen LogP contribution in [0.1, 0.15) is 30.0 Å². The maximum Gasteiger partial charge on any atom is 0.223 e. The highest BCUT2D eigenvalue weighted by molar-refractivity contribution is 7.09. The fourth-order valence-corrected chi connectivity index (χ4v) is 4.15. The largest absolute Gasteiger partial charge is 0.337 e. The van der Waals surface area contributed by atoms with E-state index in [1.54, 1.807) is 11.3 Å². The Labute approximate surface area is 139 Å². The maximum atomic E-state index is 12.4. The number of hydrogen-bond donors (Lipinski definition) is 0. The van der Waals surface area contributed by atoms with Gasteiger partial charge >= 0.3 is 0 Å². The minimum atomic E-state index is 0.190. The van der Waals surface area contributed by atoms with Crippen molar-refractivity contribution in [3.63, 3.8) is 0 Å². The summed E-state index contributed by atoms with van der Waals surface area (Å²) in [5.74, 6) is 1.48. The molecule has 23 heavy (non-hydrogen) atoms. The van der Waals surface area contributed by atoms with Crippen molar-refractivity contribution in [1.82, 2.24) is 14.5 Å². The fourth-order valence-electron chi connectivity index (χ4n) is 3.43. The maximum absolute atomic E-state index is 12.4. The Morgan fingerprint density at radius 3 is 2.91 bits per heavy atom. The zero-order valence-electron chi connectivity index (χ0n) is 13.1. The van der Waals surface area contributed by atoms with Gasteiger partial charge in [-0.25, -0.2) is 4.98 Å². The zero-order chi connectivity index (χ0) is 15.8. The summed E-state index contributed by atoms with van der Waals surface area (Å²) in [6, 6.07) is 12.3. The smallest absolute Gasteiger partial charge is 0.223 e. The number of aryl methyl sites for hydroxylation is 1. The van der Waals surface area contributed by atoms with Crippen molar-refractivity contribution < 1.29 is 4.79 Å².